The van der Waals surface area contributed by atoms with E-state index < -0.39 is 0 Å². The number of esters is 2. The molecule has 0 radical (unpaired) electrons. The number of benzene rings is 2. The van der Waals surface area contributed by atoms with Gasteiger partial charge in [-0.2, -0.15) is 0 Å². The Morgan fingerprint density at radius 2 is 0.975 bits per heavy atom. The molecule has 216 valence electrons. The van der Waals surface area contributed by atoms with Gasteiger partial charge in [0.05, 0.1) is 12.2 Å². The van der Waals surface area contributed by atoms with Gasteiger partial charge in [-0.25, -0.2) is 0 Å². The Morgan fingerprint density at radius 1 is 0.625 bits per heavy atom. The summed E-state index contributed by atoms with van der Waals surface area (Å²) in [4.78, 5) is 51.1. The fourth-order valence-corrected chi connectivity index (χ4v) is 5.27. The van der Waals surface area contributed by atoms with Gasteiger partial charge in [0.2, 0.25) is 0 Å². The van der Waals surface area contributed by atoms with Crippen molar-refractivity contribution in [2.45, 2.75) is 117 Å². The second-order valence-corrected chi connectivity index (χ2v) is 12.7. The van der Waals surface area contributed by atoms with Crippen molar-refractivity contribution in [2.24, 2.45) is 0 Å². The number of ketones is 2. The Kier molecular flexibility index (Phi) is 9.76. The summed E-state index contributed by atoms with van der Waals surface area (Å²) in [5.41, 5.74) is 3.02. The summed E-state index contributed by atoms with van der Waals surface area (Å²) >= 11 is 0. The van der Waals surface area contributed by atoms with Crippen LogP contribution in [0.5, 0.6) is 0 Å². The molecule has 0 fully saturated rings. The van der Waals surface area contributed by atoms with E-state index in [1.807, 2.05) is 52.0 Å². The summed E-state index contributed by atoms with van der Waals surface area (Å²) in [7, 11) is 0. The average molecular weight is 549 g/mol. The molecule has 0 N–H and O–H groups in total. The Balaban J connectivity index is 1.79. The van der Waals surface area contributed by atoms with Gasteiger partial charge in [0.1, 0.15) is 0 Å². The largest absolute Gasteiger partial charge is 0.463 e. The number of ether oxygens (including phenoxy) is 2. The fourth-order valence-electron chi connectivity index (χ4n) is 5.27. The quantitative estimate of drug-likeness (QED) is 0.221. The molecule has 1 aliphatic carbocycles. The lowest BCUT2D eigenvalue weighted by Gasteiger charge is -2.29. The van der Waals surface area contributed by atoms with Crippen LogP contribution in [0.2, 0.25) is 0 Å². The first kappa shape index (κ1) is 31.3. The molecule has 2 aromatic carbocycles. The van der Waals surface area contributed by atoms with Crippen LogP contribution >= 0.6 is 0 Å². The molecule has 6 heteroatoms. The minimum Gasteiger partial charge on any atom is -0.463 e. The van der Waals surface area contributed by atoms with Gasteiger partial charge in [0, 0.05) is 35.1 Å². The molecule has 1 aliphatic rings. The standard InChI is InChI=1S/C34H44O6/c1-21(2)39-29(35)11-9-17-33(5,6)23-13-15-25-27(19-23)32(38)28-20-24(14-16-26(28)31(25)37)34(7,8)18-10-12-30(36)40-22(3)4/h13-16,19-22H,9-12,17-18H2,1-8H3. The summed E-state index contributed by atoms with van der Waals surface area (Å²) < 4.78 is 10.5. The van der Waals surface area contributed by atoms with Crippen LogP contribution in [-0.4, -0.2) is 35.7 Å². The molecule has 0 atom stereocenters. The van der Waals surface area contributed by atoms with Gasteiger partial charge in [0.25, 0.3) is 0 Å². The molecule has 0 saturated heterocycles. The number of carbonyl (C=O) groups excluding carboxylic acids is 4. The zero-order valence-corrected chi connectivity index (χ0v) is 25.3. The van der Waals surface area contributed by atoms with Crippen molar-refractivity contribution in [3.05, 3.63) is 69.8 Å². The predicted octanol–water partition coefficient (Wildman–Crippen LogP) is 7.26. The molecule has 2 aromatic rings. The monoisotopic (exact) mass is 548 g/mol. The van der Waals surface area contributed by atoms with Crippen LogP contribution in [0.3, 0.4) is 0 Å². The van der Waals surface area contributed by atoms with E-state index in [0.29, 0.717) is 47.9 Å². The van der Waals surface area contributed by atoms with Crippen LogP contribution in [0.15, 0.2) is 36.4 Å². The molecular formula is C34H44O6. The Hall–Kier alpha value is -3.28. The first-order valence-corrected chi connectivity index (χ1v) is 14.4. The van der Waals surface area contributed by atoms with Crippen LogP contribution in [0.1, 0.15) is 137 Å². The van der Waals surface area contributed by atoms with Crippen LogP contribution < -0.4 is 0 Å². The van der Waals surface area contributed by atoms with E-state index in [1.54, 1.807) is 12.1 Å². The minimum absolute atomic E-state index is 0.132. The van der Waals surface area contributed by atoms with E-state index in [-0.39, 0.29) is 46.5 Å². The molecule has 0 heterocycles. The first-order chi connectivity index (χ1) is 18.6. The van der Waals surface area contributed by atoms with Crippen molar-refractivity contribution in [2.75, 3.05) is 0 Å². The van der Waals surface area contributed by atoms with E-state index in [1.165, 1.54) is 0 Å². The molecule has 0 bridgehead atoms. The molecule has 0 unspecified atom stereocenters. The lowest BCUT2D eigenvalue weighted by Crippen LogP contribution is -2.25. The highest BCUT2D eigenvalue weighted by molar-refractivity contribution is 6.28. The first-order valence-electron chi connectivity index (χ1n) is 14.4. The summed E-state index contributed by atoms with van der Waals surface area (Å²) in [6.07, 6.45) is 3.22. The van der Waals surface area contributed by atoms with Crippen molar-refractivity contribution >= 4 is 23.5 Å². The predicted molar refractivity (Wildman–Crippen MR) is 156 cm³/mol. The van der Waals surface area contributed by atoms with Crippen LogP contribution in [0.25, 0.3) is 0 Å². The van der Waals surface area contributed by atoms with Gasteiger partial charge in [-0.05, 0) is 99.6 Å². The third-order valence-electron chi connectivity index (χ3n) is 7.68. The Morgan fingerprint density at radius 3 is 1.32 bits per heavy atom. The van der Waals surface area contributed by atoms with Crippen molar-refractivity contribution in [3.63, 3.8) is 0 Å². The minimum atomic E-state index is -0.294. The summed E-state index contributed by atoms with van der Waals surface area (Å²) in [5.74, 6) is -0.710. The highest BCUT2D eigenvalue weighted by Crippen LogP contribution is 2.37. The van der Waals surface area contributed by atoms with Crippen LogP contribution in [0.4, 0.5) is 0 Å². The summed E-state index contributed by atoms with van der Waals surface area (Å²) in [6, 6.07) is 11.1. The van der Waals surface area contributed by atoms with Crippen molar-refractivity contribution in [1.82, 2.24) is 0 Å². The third-order valence-corrected chi connectivity index (χ3v) is 7.68. The number of fused-ring (bicyclic) bond motifs is 2. The van der Waals surface area contributed by atoms with Crippen LogP contribution in [0, 0.1) is 0 Å². The Labute approximate surface area is 238 Å². The maximum atomic E-state index is 13.7. The van der Waals surface area contributed by atoms with Crippen molar-refractivity contribution in [3.8, 4) is 0 Å². The van der Waals surface area contributed by atoms with Gasteiger partial charge in [-0.1, -0.05) is 39.8 Å². The molecule has 0 amide bonds. The van der Waals surface area contributed by atoms with Gasteiger partial charge < -0.3 is 9.47 Å². The van der Waals surface area contributed by atoms with E-state index in [0.717, 1.165) is 24.0 Å². The molecular weight excluding hydrogens is 504 g/mol. The zero-order valence-electron chi connectivity index (χ0n) is 25.3. The summed E-state index contributed by atoms with van der Waals surface area (Å²) in [5, 5.41) is 0. The molecule has 0 aliphatic heterocycles. The topological polar surface area (TPSA) is 86.7 Å². The second-order valence-electron chi connectivity index (χ2n) is 12.7. The molecule has 0 saturated carbocycles. The Bertz CT molecular complexity index is 1190. The van der Waals surface area contributed by atoms with Crippen LogP contribution in [-0.2, 0) is 29.9 Å². The maximum Gasteiger partial charge on any atom is 0.306 e. The van der Waals surface area contributed by atoms with Gasteiger partial charge in [-0.15, -0.1) is 0 Å². The normalized spacial score (nSPS) is 13.3. The molecule has 40 heavy (non-hydrogen) atoms. The lowest BCUT2D eigenvalue weighted by atomic mass is 9.74. The summed E-state index contributed by atoms with van der Waals surface area (Å²) in [6.45, 7) is 15.7. The second kappa shape index (κ2) is 12.5. The SMILES string of the molecule is CC(C)OC(=O)CCCC(C)(C)c1ccc2c(c1)C(=O)c1cc(C(C)(C)CCCC(=O)OC(C)C)ccc1C2=O. The lowest BCUT2D eigenvalue weighted by molar-refractivity contribution is -0.148. The number of carbonyl (C=O) groups is 4. The molecule has 0 aromatic heterocycles. The van der Waals surface area contributed by atoms with E-state index in [2.05, 4.69) is 27.7 Å². The third kappa shape index (κ3) is 7.47. The maximum absolute atomic E-state index is 13.7. The molecule has 0 spiro atoms. The van der Waals surface area contributed by atoms with Gasteiger partial charge >= 0.3 is 11.9 Å². The van der Waals surface area contributed by atoms with Gasteiger partial charge in [-0.3, -0.25) is 19.2 Å². The van der Waals surface area contributed by atoms with E-state index in [4.69, 9.17) is 9.47 Å². The molecule has 3 rings (SSSR count). The van der Waals surface area contributed by atoms with Gasteiger partial charge in [0.15, 0.2) is 11.6 Å². The highest BCUT2D eigenvalue weighted by Gasteiger charge is 2.33. The van der Waals surface area contributed by atoms with E-state index >= 15 is 0 Å². The highest BCUT2D eigenvalue weighted by atomic mass is 16.5. The number of hydrogen-bond acceptors (Lipinski definition) is 6. The van der Waals surface area contributed by atoms with Crippen molar-refractivity contribution < 1.29 is 28.7 Å². The number of rotatable bonds is 12. The fraction of sp³-hybridized carbons (Fsp3) is 0.529. The average Bonchev–Trinajstić information content (AvgIpc) is 2.85. The zero-order chi connectivity index (χ0) is 29.8. The van der Waals surface area contributed by atoms with E-state index in [9.17, 15) is 19.2 Å². The number of hydrogen-bond donors (Lipinski definition) is 0. The molecule has 6 nitrogen and oxygen atoms in total. The smallest absolute Gasteiger partial charge is 0.306 e. The van der Waals surface area contributed by atoms with Crippen molar-refractivity contribution in [1.29, 1.82) is 0 Å².